The number of benzene rings is 1. The third-order valence-electron chi connectivity index (χ3n) is 4.35. The number of nitrogens with one attached hydrogen (secondary N) is 1. The van der Waals surface area contributed by atoms with Crippen molar-refractivity contribution in [3.63, 3.8) is 0 Å². The third kappa shape index (κ3) is 5.20. The summed E-state index contributed by atoms with van der Waals surface area (Å²) in [6.45, 7) is 2.10. The standard InChI is InChI=1S/C17H23F3N2O3S/c1-2-3-4-5-9-21-26(24,25)15-7-6-13-8-10-22(12-14(13)11-15)16(23)17(18,19)20/h6-7,11,21H,2-5,8-10,12H2,1H3. The maximum atomic E-state index is 12.6. The lowest BCUT2D eigenvalue weighted by Crippen LogP contribution is -2.43. The first-order chi connectivity index (χ1) is 12.1. The average Bonchev–Trinajstić information content (AvgIpc) is 2.59. The summed E-state index contributed by atoms with van der Waals surface area (Å²) >= 11 is 0. The number of halogens is 3. The van der Waals surface area contributed by atoms with Gasteiger partial charge in [-0.25, -0.2) is 13.1 Å². The molecular weight excluding hydrogens is 369 g/mol. The molecule has 9 heteroatoms. The van der Waals surface area contributed by atoms with Gasteiger partial charge in [0.1, 0.15) is 0 Å². The minimum Gasteiger partial charge on any atom is -0.330 e. The molecule has 26 heavy (non-hydrogen) atoms. The topological polar surface area (TPSA) is 66.5 Å². The maximum absolute atomic E-state index is 12.6. The molecule has 1 aliphatic rings. The molecule has 146 valence electrons. The first kappa shape index (κ1) is 20.7. The Balaban J connectivity index is 2.09. The van der Waals surface area contributed by atoms with E-state index in [4.69, 9.17) is 0 Å². The van der Waals surface area contributed by atoms with Crippen LogP contribution in [0.3, 0.4) is 0 Å². The first-order valence-electron chi connectivity index (χ1n) is 8.62. The Kier molecular flexibility index (Phi) is 6.68. The summed E-state index contributed by atoms with van der Waals surface area (Å²) in [7, 11) is -3.72. The number of nitrogens with zero attached hydrogens (tertiary/aromatic N) is 1. The molecule has 0 unspecified atom stereocenters. The van der Waals surface area contributed by atoms with E-state index >= 15 is 0 Å². The van der Waals surface area contributed by atoms with E-state index in [0.29, 0.717) is 17.0 Å². The Morgan fingerprint density at radius 1 is 1.19 bits per heavy atom. The van der Waals surface area contributed by atoms with E-state index in [1.165, 1.54) is 12.1 Å². The Bertz CT molecular complexity index is 748. The highest BCUT2D eigenvalue weighted by atomic mass is 32.2. The molecular formula is C17H23F3N2O3S. The molecule has 0 spiro atoms. The molecule has 2 rings (SSSR count). The van der Waals surface area contributed by atoms with Crippen LogP contribution in [0.5, 0.6) is 0 Å². The van der Waals surface area contributed by atoms with Crippen molar-refractivity contribution in [2.45, 2.75) is 56.6 Å². The fraction of sp³-hybridized carbons (Fsp3) is 0.588. The van der Waals surface area contributed by atoms with Gasteiger partial charge in [-0.05, 0) is 36.1 Å². The molecule has 1 aliphatic heterocycles. The predicted molar refractivity (Wildman–Crippen MR) is 90.9 cm³/mol. The molecule has 0 fully saturated rings. The number of sulfonamides is 1. The lowest BCUT2D eigenvalue weighted by Gasteiger charge is -2.29. The largest absolute Gasteiger partial charge is 0.471 e. The van der Waals surface area contributed by atoms with Gasteiger partial charge in [-0.1, -0.05) is 32.3 Å². The number of amides is 1. The molecule has 0 aromatic heterocycles. The summed E-state index contributed by atoms with van der Waals surface area (Å²) < 4.78 is 65.0. The van der Waals surface area contributed by atoms with E-state index in [1.54, 1.807) is 6.07 Å². The van der Waals surface area contributed by atoms with Crippen LogP contribution in [0.25, 0.3) is 0 Å². The third-order valence-corrected chi connectivity index (χ3v) is 5.81. The van der Waals surface area contributed by atoms with Gasteiger partial charge < -0.3 is 4.90 Å². The molecule has 1 aromatic carbocycles. The second-order valence-corrected chi connectivity index (χ2v) is 8.13. The van der Waals surface area contributed by atoms with E-state index in [0.717, 1.165) is 31.2 Å². The number of alkyl halides is 3. The highest BCUT2D eigenvalue weighted by Gasteiger charge is 2.43. The lowest BCUT2D eigenvalue weighted by molar-refractivity contribution is -0.186. The van der Waals surface area contributed by atoms with Gasteiger partial charge in [-0.3, -0.25) is 4.79 Å². The molecule has 5 nitrogen and oxygen atoms in total. The van der Waals surface area contributed by atoms with Gasteiger partial charge in [-0.15, -0.1) is 0 Å². The van der Waals surface area contributed by atoms with E-state index < -0.39 is 22.1 Å². The zero-order valence-corrected chi connectivity index (χ0v) is 15.4. The number of hydrogen-bond donors (Lipinski definition) is 1. The number of fused-ring (bicyclic) bond motifs is 1. The van der Waals surface area contributed by atoms with Crippen LogP contribution in [0.2, 0.25) is 0 Å². The molecule has 0 saturated carbocycles. The lowest BCUT2D eigenvalue weighted by atomic mass is 10.00. The highest BCUT2D eigenvalue weighted by Crippen LogP contribution is 2.26. The van der Waals surface area contributed by atoms with Crippen LogP contribution >= 0.6 is 0 Å². The van der Waals surface area contributed by atoms with Gasteiger partial charge in [0.2, 0.25) is 10.0 Å². The zero-order valence-electron chi connectivity index (χ0n) is 14.6. The Labute approximate surface area is 151 Å². The minimum absolute atomic E-state index is 0.00745. The molecule has 1 aromatic rings. The van der Waals surface area contributed by atoms with E-state index in [2.05, 4.69) is 11.6 Å². The van der Waals surface area contributed by atoms with E-state index in [-0.39, 0.29) is 24.4 Å². The molecule has 1 N–H and O–H groups in total. The number of hydrogen-bond acceptors (Lipinski definition) is 3. The Morgan fingerprint density at radius 3 is 2.58 bits per heavy atom. The van der Waals surface area contributed by atoms with Gasteiger partial charge in [0.15, 0.2) is 0 Å². The van der Waals surface area contributed by atoms with Crippen molar-refractivity contribution in [3.8, 4) is 0 Å². The van der Waals surface area contributed by atoms with Gasteiger partial charge >= 0.3 is 12.1 Å². The number of unbranched alkanes of at least 4 members (excludes halogenated alkanes) is 3. The first-order valence-corrected chi connectivity index (χ1v) is 10.1. The van der Waals surface area contributed by atoms with Crippen molar-refractivity contribution in [2.75, 3.05) is 13.1 Å². The monoisotopic (exact) mass is 392 g/mol. The van der Waals surface area contributed by atoms with Crippen LogP contribution in [0.1, 0.15) is 43.7 Å². The summed E-state index contributed by atoms with van der Waals surface area (Å²) in [5.41, 5.74) is 1.20. The van der Waals surface area contributed by atoms with Crippen molar-refractivity contribution in [1.29, 1.82) is 0 Å². The normalized spacial score (nSPS) is 15.0. The minimum atomic E-state index is -4.93. The number of carbonyl (C=O) groups excluding carboxylic acids is 1. The van der Waals surface area contributed by atoms with Crippen molar-refractivity contribution in [3.05, 3.63) is 29.3 Å². The Hall–Kier alpha value is -1.61. The molecule has 1 amide bonds. The Morgan fingerprint density at radius 2 is 1.92 bits per heavy atom. The van der Waals surface area contributed by atoms with Gasteiger partial charge in [0.25, 0.3) is 0 Å². The summed E-state index contributed by atoms with van der Waals surface area (Å²) in [5, 5.41) is 0. The van der Waals surface area contributed by atoms with Crippen LogP contribution in [0.4, 0.5) is 13.2 Å². The summed E-state index contributed by atoms with van der Waals surface area (Å²) in [6, 6.07) is 4.42. The van der Waals surface area contributed by atoms with E-state index in [1.807, 2.05) is 0 Å². The fourth-order valence-corrected chi connectivity index (χ4v) is 4.02. The van der Waals surface area contributed by atoms with Gasteiger partial charge in [0, 0.05) is 19.6 Å². The molecule has 0 aliphatic carbocycles. The van der Waals surface area contributed by atoms with Crippen LogP contribution in [-0.2, 0) is 27.8 Å². The second kappa shape index (κ2) is 8.39. The van der Waals surface area contributed by atoms with Crippen LogP contribution in [0, 0.1) is 0 Å². The second-order valence-electron chi connectivity index (χ2n) is 6.36. The van der Waals surface area contributed by atoms with E-state index in [9.17, 15) is 26.4 Å². The van der Waals surface area contributed by atoms with Crippen molar-refractivity contribution < 1.29 is 26.4 Å². The quantitative estimate of drug-likeness (QED) is 0.726. The fourth-order valence-electron chi connectivity index (χ4n) is 2.89. The summed E-state index contributed by atoms with van der Waals surface area (Å²) in [6.07, 6.45) is -0.929. The molecule has 0 bridgehead atoms. The molecule has 1 heterocycles. The average molecular weight is 392 g/mol. The SMILES string of the molecule is CCCCCCNS(=O)(=O)c1ccc2c(c1)CN(C(=O)C(F)(F)F)CC2. The van der Waals surface area contributed by atoms with Crippen molar-refractivity contribution in [2.24, 2.45) is 0 Å². The molecule has 0 atom stereocenters. The summed E-state index contributed by atoms with van der Waals surface area (Å²) in [5.74, 6) is -1.90. The zero-order chi connectivity index (χ0) is 19.4. The van der Waals surface area contributed by atoms with Crippen LogP contribution in [0.15, 0.2) is 23.1 Å². The predicted octanol–water partition coefficient (Wildman–Crippen LogP) is 2.99. The number of carbonyl (C=O) groups is 1. The molecule has 0 radical (unpaired) electrons. The van der Waals surface area contributed by atoms with Gasteiger partial charge in [-0.2, -0.15) is 13.2 Å². The van der Waals surface area contributed by atoms with Crippen molar-refractivity contribution in [1.82, 2.24) is 9.62 Å². The van der Waals surface area contributed by atoms with Crippen LogP contribution < -0.4 is 4.72 Å². The van der Waals surface area contributed by atoms with Crippen LogP contribution in [-0.4, -0.2) is 38.5 Å². The molecule has 0 saturated heterocycles. The van der Waals surface area contributed by atoms with Crippen molar-refractivity contribution >= 4 is 15.9 Å². The summed E-state index contributed by atoms with van der Waals surface area (Å²) in [4.78, 5) is 12.1. The number of rotatable bonds is 7. The maximum Gasteiger partial charge on any atom is 0.471 e. The highest BCUT2D eigenvalue weighted by molar-refractivity contribution is 7.89. The smallest absolute Gasteiger partial charge is 0.330 e. The van der Waals surface area contributed by atoms with Gasteiger partial charge in [0.05, 0.1) is 4.90 Å².